The first-order valence-corrected chi connectivity index (χ1v) is 25.7. The van der Waals surface area contributed by atoms with Crippen LogP contribution in [0.1, 0.15) is 22.3 Å². The SMILES string of the molecule is c1ccc(-c2cccc(-c3cc4c(cc3N(c3ccc(-c5ccccc5)c(-c5ccccc5)c3)c3ccc5c6ccccc6c6ccccc6c5c3)C3(c5ccccc5-c5ccccc53)c3ccccc3-4)c2)cc1. The molecule has 0 saturated carbocycles. The second kappa shape index (κ2) is 16.8. The Morgan fingerprint density at radius 3 is 1.23 bits per heavy atom. The molecule has 15 rings (SSSR count). The molecule has 0 fully saturated rings. The van der Waals surface area contributed by atoms with Gasteiger partial charge in [-0.15, -0.1) is 0 Å². The van der Waals surface area contributed by atoms with Crippen molar-refractivity contribution in [2.24, 2.45) is 0 Å². The largest absolute Gasteiger partial charge is 0.310 e. The van der Waals surface area contributed by atoms with E-state index in [0.717, 1.165) is 28.2 Å². The first kappa shape index (κ1) is 42.2. The second-order valence-corrected chi connectivity index (χ2v) is 19.9. The topological polar surface area (TPSA) is 3.24 Å². The van der Waals surface area contributed by atoms with Crippen molar-refractivity contribution >= 4 is 49.4 Å². The van der Waals surface area contributed by atoms with Gasteiger partial charge in [0, 0.05) is 16.9 Å². The smallest absolute Gasteiger partial charge is 0.0726 e. The zero-order valence-electron chi connectivity index (χ0n) is 40.6. The van der Waals surface area contributed by atoms with Crippen molar-refractivity contribution in [1.82, 2.24) is 0 Å². The molecule has 1 spiro atoms. The highest BCUT2D eigenvalue weighted by atomic mass is 15.1. The minimum absolute atomic E-state index is 0.547. The lowest BCUT2D eigenvalue weighted by atomic mass is 9.70. The van der Waals surface area contributed by atoms with E-state index in [1.165, 1.54) is 110 Å². The fourth-order valence-corrected chi connectivity index (χ4v) is 12.9. The number of fused-ring (bicyclic) bond motifs is 16. The lowest BCUT2D eigenvalue weighted by molar-refractivity contribution is 0.794. The molecule has 2 aliphatic carbocycles. The lowest BCUT2D eigenvalue weighted by Crippen LogP contribution is -2.26. The third-order valence-electron chi connectivity index (χ3n) is 16.1. The van der Waals surface area contributed by atoms with Crippen LogP contribution < -0.4 is 4.90 Å². The molecule has 0 aromatic heterocycles. The Labute approximate surface area is 431 Å². The van der Waals surface area contributed by atoms with E-state index in [0.29, 0.717) is 0 Å². The van der Waals surface area contributed by atoms with Crippen LogP contribution in [0.5, 0.6) is 0 Å². The summed E-state index contributed by atoms with van der Waals surface area (Å²) in [6, 6.07) is 106. The maximum Gasteiger partial charge on any atom is 0.0726 e. The predicted octanol–water partition coefficient (Wildman–Crippen LogP) is 19.6. The van der Waals surface area contributed by atoms with Crippen molar-refractivity contribution in [3.8, 4) is 66.8 Å². The van der Waals surface area contributed by atoms with Crippen LogP contribution in [-0.2, 0) is 5.41 Å². The maximum atomic E-state index is 2.58. The summed E-state index contributed by atoms with van der Waals surface area (Å²) < 4.78 is 0. The van der Waals surface area contributed by atoms with Crippen LogP contribution >= 0.6 is 0 Å². The summed E-state index contributed by atoms with van der Waals surface area (Å²) in [5.41, 5.74) is 22.5. The quantitative estimate of drug-likeness (QED) is 0.144. The predicted molar refractivity (Wildman–Crippen MR) is 312 cm³/mol. The molecule has 0 heterocycles. The summed E-state index contributed by atoms with van der Waals surface area (Å²) in [6.07, 6.45) is 0. The van der Waals surface area contributed by atoms with Crippen LogP contribution in [0.4, 0.5) is 17.1 Å². The van der Waals surface area contributed by atoms with Gasteiger partial charge < -0.3 is 4.90 Å². The van der Waals surface area contributed by atoms with E-state index in [-0.39, 0.29) is 0 Å². The highest BCUT2D eigenvalue weighted by Gasteiger charge is 2.52. The molecule has 0 bridgehead atoms. The number of nitrogens with zero attached hydrogens (tertiary/aromatic N) is 1. The van der Waals surface area contributed by atoms with Gasteiger partial charge in [-0.25, -0.2) is 0 Å². The van der Waals surface area contributed by atoms with Crippen molar-refractivity contribution in [1.29, 1.82) is 0 Å². The van der Waals surface area contributed by atoms with Gasteiger partial charge in [-0.2, -0.15) is 0 Å². The van der Waals surface area contributed by atoms with Gasteiger partial charge in [-0.05, 0) is 158 Å². The highest BCUT2D eigenvalue weighted by Crippen LogP contribution is 2.64. The fraction of sp³-hybridized carbons (Fsp3) is 0.0137. The van der Waals surface area contributed by atoms with Crippen LogP contribution in [0.3, 0.4) is 0 Å². The molecule has 0 unspecified atom stereocenters. The summed E-state index contributed by atoms with van der Waals surface area (Å²) in [5, 5.41) is 7.49. The van der Waals surface area contributed by atoms with Gasteiger partial charge in [-0.3, -0.25) is 0 Å². The van der Waals surface area contributed by atoms with Gasteiger partial charge in [0.2, 0.25) is 0 Å². The van der Waals surface area contributed by atoms with E-state index >= 15 is 0 Å². The monoisotopic (exact) mass is 937 g/mol. The highest BCUT2D eigenvalue weighted by molar-refractivity contribution is 6.26. The molecule has 13 aromatic carbocycles. The number of anilines is 3. The van der Waals surface area contributed by atoms with Crippen molar-refractivity contribution in [3.63, 3.8) is 0 Å². The van der Waals surface area contributed by atoms with Gasteiger partial charge >= 0.3 is 0 Å². The van der Waals surface area contributed by atoms with Crippen molar-refractivity contribution in [3.05, 3.63) is 307 Å². The lowest BCUT2D eigenvalue weighted by Gasteiger charge is -2.34. The minimum atomic E-state index is -0.547. The van der Waals surface area contributed by atoms with Crippen LogP contribution in [0, 0.1) is 0 Å². The fourth-order valence-electron chi connectivity index (χ4n) is 12.9. The molecule has 2 aliphatic rings. The van der Waals surface area contributed by atoms with E-state index in [4.69, 9.17) is 0 Å². The van der Waals surface area contributed by atoms with E-state index < -0.39 is 5.41 Å². The van der Waals surface area contributed by atoms with Gasteiger partial charge in [0.05, 0.1) is 11.1 Å². The molecule has 74 heavy (non-hydrogen) atoms. The first-order valence-electron chi connectivity index (χ1n) is 25.7. The molecule has 0 N–H and O–H groups in total. The van der Waals surface area contributed by atoms with Crippen LogP contribution in [0.15, 0.2) is 285 Å². The third kappa shape index (κ3) is 6.30. The summed E-state index contributed by atoms with van der Waals surface area (Å²) >= 11 is 0. The van der Waals surface area contributed by atoms with Gasteiger partial charge in [-0.1, -0.05) is 243 Å². The summed E-state index contributed by atoms with van der Waals surface area (Å²) in [7, 11) is 0. The molecule has 1 heteroatoms. The Kier molecular flexibility index (Phi) is 9.55. The Morgan fingerprint density at radius 2 is 0.635 bits per heavy atom. The average Bonchev–Trinajstić information content (AvgIpc) is 3.95. The van der Waals surface area contributed by atoms with Gasteiger partial charge in [0.1, 0.15) is 0 Å². The number of hydrogen-bond acceptors (Lipinski definition) is 1. The van der Waals surface area contributed by atoms with Crippen molar-refractivity contribution in [2.75, 3.05) is 4.90 Å². The normalized spacial score (nSPS) is 12.7. The van der Waals surface area contributed by atoms with Crippen LogP contribution in [-0.4, -0.2) is 0 Å². The Balaban J connectivity index is 1.09. The molecule has 0 amide bonds. The van der Waals surface area contributed by atoms with Crippen LogP contribution in [0.2, 0.25) is 0 Å². The molecular weight excluding hydrogens is 891 g/mol. The Hall–Kier alpha value is -9.56. The Morgan fingerprint density at radius 1 is 0.203 bits per heavy atom. The van der Waals surface area contributed by atoms with Crippen LogP contribution in [0.25, 0.3) is 99.1 Å². The van der Waals surface area contributed by atoms with E-state index in [1.54, 1.807) is 0 Å². The maximum absolute atomic E-state index is 2.58. The zero-order chi connectivity index (χ0) is 48.7. The second-order valence-electron chi connectivity index (χ2n) is 19.9. The zero-order valence-corrected chi connectivity index (χ0v) is 40.6. The Bertz CT molecular complexity index is 4280. The molecule has 0 aliphatic heterocycles. The van der Waals surface area contributed by atoms with Gasteiger partial charge in [0.25, 0.3) is 0 Å². The van der Waals surface area contributed by atoms with Crippen molar-refractivity contribution in [2.45, 2.75) is 5.41 Å². The van der Waals surface area contributed by atoms with E-state index in [1.807, 2.05) is 0 Å². The number of benzene rings is 13. The molecule has 344 valence electrons. The molecular formula is C73H47N. The number of rotatable bonds is 7. The number of hydrogen-bond donors (Lipinski definition) is 0. The molecule has 0 saturated heterocycles. The van der Waals surface area contributed by atoms with E-state index in [9.17, 15) is 0 Å². The summed E-state index contributed by atoms with van der Waals surface area (Å²) in [5.74, 6) is 0. The van der Waals surface area contributed by atoms with Crippen molar-refractivity contribution < 1.29 is 0 Å². The minimum Gasteiger partial charge on any atom is -0.310 e. The van der Waals surface area contributed by atoms with E-state index in [2.05, 4.69) is 290 Å². The molecule has 13 aromatic rings. The summed E-state index contributed by atoms with van der Waals surface area (Å²) in [4.78, 5) is 2.57. The third-order valence-corrected chi connectivity index (χ3v) is 16.1. The molecule has 0 radical (unpaired) electrons. The molecule has 0 atom stereocenters. The first-order chi connectivity index (χ1) is 36.7. The average molecular weight is 938 g/mol. The molecule has 1 nitrogen and oxygen atoms in total. The summed E-state index contributed by atoms with van der Waals surface area (Å²) in [6.45, 7) is 0. The standard InChI is InChI=1S/C73H47N/c1-4-21-48(22-5-1)51-27-20-28-52(43-51)65-46-67-63-35-16-19-38-70(63)73(68-36-17-14-33-61(68)62-34-15-18-37-69(62)73)71(67)47-72(65)74(53-39-41-55(49-23-6-2-7-24-49)64(44-53)50-25-8-3-9-26-50)54-40-42-60-58-31-11-10-29-56(58)57-30-12-13-32-59(57)66(60)45-54/h1-47H. The van der Waals surface area contributed by atoms with Gasteiger partial charge in [0.15, 0.2) is 0 Å².